The van der Waals surface area contributed by atoms with Gasteiger partial charge in [0.1, 0.15) is 23.3 Å². The van der Waals surface area contributed by atoms with E-state index in [1.165, 1.54) is 11.6 Å². The van der Waals surface area contributed by atoms with E-state index in [9.17, 15) is 17.6 Å². The van der Waals surface area contributed by atoms with Gasteiger partial charge in [-0.3, -0.25) is 0 Å². The van der Waals surface area contributed by atoms with Crippen LogP contribution in [0.5, 0.6) is 0 Å². The molecule has 0 spiro atoms. The molecule has 5 heteroatoms. The van der Waals surface area contributed by atoms with Gasteiger partial charge in [0, 0.05) is 0 Å². The van der Waals surface area contributed by atoms with Gasteiger partial charge >= 0.3 is 0 Å². The van der Waals surface area contributed by atoms with Crippen LogP contribution in [0, 0.1) is 44.0 Å². The molecule has 0 amide bonds. The fourth-order valence-corrected chi connectivity index (χ4v) is 4.91. The molecule has 1 nitrogen and oxygen atoms in total. The Kier molecular flexibility index (Phi) is 21.5. The fourth-order valence-electron chi connectivity index (χ4n) is 4.91. The zero-order valence-corrected chi connectivity index (χ0v) is 34.9. The predicted molar refractivity (Wildman–Crippen MR) is 223 cm³/mol. The van der Waals surface area contributed by atoms with Crippen molar-refractivity contribution in [1.29, 1.82) is 0 Å². The summed E-state index contributed by atoms with van der Waals surface area (Å²) >= 11 is 0. The molecule has 0 fully saturated rings. The van der Waals surface area contributed by atoms with Gasteiger partial charge in [-0.15, -0.1) is 0 Å². The maximum Gasteiger partial charge on any atom is 0.126 e. The second kappa shape index (κ2) is 24.2. The highest BCUT2D eigenvalue weighted by atomic mass is 19.1. The average molecular weight is 745 g/mol. The van der Waals surface area contributed by atoms with Crippen molar-refractivity contribution in [1.82, 2.24) is 0 Å². The van der Waals surface area contributed by atoms with Crippen LogP contribution in [0.1, 0.15) is 149 Å². The van der Waals surface area contributed by atoms with Gasteiger partial charge in [-0.2, -0.15) is 0 Å². The maximum absolute atomic E-state index is 12.9. The van der Waals surface area contributed by atoms with E-state index in [1.54, 1.807) is 50.2 Å². The van der Waals surface area contributed by atoms with Crippen molar-refractivity contribution in [3.05, 3.63) is 176 Å². The molecule has 0 bridgehead atoms. The van der Waals surface area contributed by atoms with Gasteiger partial charge in [0.05, 0.1) is 6.61 Å². The molecule has 0 aromatic heterocycles. The van der Waals surface area contributed by atoms with E-state index in [1.807, 2.05) is 55.5 Å². The Labute approximate surface area is 324 Å². The normalized spacial score (nSPS) is 10.6. The van der Waals surface area contributed by atoms with Crippen molar-refractivity contribution in [3.63, 3.8) is 0 Å². The van der Waals surface area contributed by atoms with Crippen molar-refractivity contribution >= 4 is 0 Å². The van der Waals surface area contributed by atoms with Crippen LogP contribution in [0.2, 0.25) is 0 Å². The summed E-state index contributed by atoms with van der Waals surface area (Å²) in [6, 6.07) is 30.8. The molecule has 0 atom stereocenters. The lowest BCUT2D eigenvalue weighted by molar-refractivity contribution is 0.282. The summed E-state index contributed by atoms with van der Waals surface area (Å²) in [6.07, 6.45) is 0. The van der Waals surface area contributed by atoms with Gasteiger partial charge in [0.25, 0.3) is 0 Å². The highest BCUT2D eigenvalue weighted by Gasteiger charge is 2.04. The lowest BCUT2D eigenvalue weighted by Gasteiger charge is -2.05. The molecule has 54 heavy (non-hydrogen) atoms. The fraction of sp³-hybridized carbons (Fsp3) is 0.388. The molecule has 0 aliphatic rings. The molecule has 294 valence electrons. The molecule has 0 aliphatic carbocycles. The van der Waals surface area contributed by atoms with Crippen LogP contribution in [0.4, 0.5) is 17.6 Å². The molecular weight excluding hydrogens is 681 g/mol. The van der Waals surface area contributed by atoms with Gasteiger partial charge in [-0.25, -0.2) is 17.6 Å². The van der Waals surface area contributed by atoms with Crippen LogP contribution >= 0.6 is 0 Å². The number of hydrogen-bond acceptors (Lipinski definition) is 1. The topological polar surface area (TPSA) is 20.2 Å². The first kappa shape index (κ1) is 47.8. The van der Waals surface area contributed by atoms with E-state index >= 15 is 0 Å². The Morgan fingerprint density at radius 3 is 1.13 bits per heavy atom. The zero-order valence-electron chi connectivity index (χ0n) is 34.9. The third kappa shape index (κ3) is 18.2. The van der Waals surface area contributed by atoms with Crippen molar-refractivity contribution in [3.8, 4) is 0 Å². The van der Waals surface area contributed by atoms with E-state index in [2.05, 4.69) is 81.4 Å². The first-order valence-corrected chi connectivity index (χ1v) is 19.0. The highest BCUT2D eigenvalue weighted by Crippen LogP contribution is 2.19. The van der Waals surface area contributed by atoms with Gasteiger partial charge in [-0.05, 0) is 137 Å². The second-order valence-corrected chi connectivity index (χ2v) is 15.3. The molecule has 5 aromatic rings. The molecule has 0 saturated carbocycles. The van der Waals surface area contributed by atoms with Crippen molar-refractivity contribution in [2.45, 2.75) is 126 Å². The van der Waals surface area contributed by atoms with Crippen LogP contribution in [-0.4, -0.2) is 5.11 Å². The third-order valence-corrected chi connectivity index (χ3v) is 8.80. The summed E-state index contributed by atoms with van der Waals surface area (Å²) in [6.45, 7) is 26.4. The molecule has 0 unspecified atom stereocenters. The Balaban J connectivity index is 0.000000338. The maximum atomic E-state index is 12.9. The number of aliphatic hydroxyl groups is 1. The van der Waals surface area contributed by atoms with E-state index in [0.717, 1.165) is 44.5 Å². The lowest BCUT2D eigenvalue weighted by Crippen LogP contribution is -1.90. The Hall–Kier alpha value is -4.22. The van der Waals surface area contributed by atoms with Crippen molar-refractivity contribution in [2.24, 2.45) is 0 Å². The van der Waals surface area contributed by atoms with Gasteiger partial charge in [0.15, 0.2) is 0 Å². The van der Waals surface area contributed by atoms with Crippen molar-refractivity contribution in [2.75, 3.05) is 0 Å². The molecule has 0 heterocycles. The number of rotatable bonds is 6. The molecule has 5 aromatic carbocycles. The van der Waals surface area contributed by atoms with Gasteiger partial charge in [-0.1, -0.05) is 136 Å². The first-order chi connectivity index (χ1) is 25.2. The van der Waals surface area contributed by atoms with Crippen LogP contribution in [0.15, 0.2) is 103 Å². The lowest BCUT2D eigenvalue weighted by atomic mass is 10.0. The van der Waals surface area contributed by atoms with Crippen LogP contribution < -0.4 is 0 Å². The molecule has 1 N–H and O–H groups in total. The zero-order chi connectivity index (χ0) is 41.1. The summed E-state index contributed by atoms with van der Waals surface area (Å²) in [5.74, 6) is 1.73. The average Bonchev–Trinajstić information content (AvgIpc) is 3.11. The summed E-state index contributed by atoms with van der Waals surface area (Å²) in [5, 5.41) is 8.77. The smallest absolute Gasteiger partial charge is 0.126 e. The number of halogens is 4. The van der Waals surface area contributed by atoms with Gasteiger partial charge in [0.2, 0.25) is 0 Å². The van der Waals surface area contributed by atoms with E-state index in [-0.39, 0.29) is 29.9 Å². The minimum atomic E-state index is -0.147. The van der Waals surface area contributed by atoms with E-state index in [0.29, 0.717) is 29.6 Å². The summed E-state index contributed by atoms with van der Waals surface area (Å²) in [4.78, 5) is 0. The molecule has 0 radical (unpaired) electrons. The minimum Gasteiger partial charge on any atom is -0.392 e. The molecule has 0 aliphatic heterocycles. The van der Waals surface area contributed by atoms with Crippen LogP contribution in [0.3, 0.4) is 0 Å². The standard InChI is InChI=1S/3C10H13F.C10H14O.C9H11F/c1-7(2)9-4-8(3)5-10(11)6-9;2*1-7(2)9-5-4-8(3)10(11)6-9;1-8(2)10-5-3-9(7-11)4-6-10;1-7(2)8-4-3-5-9(10)6-8/h3*4-7H,1-3H3;3-6,8,11H,7H2,1-2H3;3-7H,1-2H3. The minimum absolute atomic E-state index is 0.101. The first-order valence-electron chi connectivity index (χ1n) is 19.0. The third-order valence-electron chi connectivity index (χ3n) is 8.80. The summed E-state index contributed by atoms with van der Waals surface area (Å²) in [5.41, 5.74) is 8.98. The van der Waals surface area contributed by atoms with Crippen molar-refractivity contribution < 1.29 is 22.7 Å². The van der Waals surface area contributed by atoms with Crippen LogP contribution in [-0.2, 0) is 6.61 Å². The largest absolute Gasteiger partial charge is 0.392 e. The van der Waals surface area contributed by atoms with E-state index in [4.69, 9.17) is 5.11 Å². The highest BCUT2D eigenvalue weighted by molar-refractivity contribution is 5.28. The molecule has 5 rings (SSSR count). The molecule has 0 saturated heterocycles. The Morgan fingerprint density at radius 1 is 0.407 bits per heavy atom. The summed E-state index contributed by atoms with van der Waals surface area (Å²) in [7, 11) is 0. The summed E-state index contributed by atoms with van der Waals surface area (Å²) < 4.78 is 51.2. The molecular formula is C49H64F4O. The SMILES string of the molecule is CC(C)c1ccc(CO)cc1.CC(C)c1cccc(F)c1.Cc1cc(F)cc(C(C)C)c1.Cc1ccc(C(C)C)cc1F.Cc1ccc(C(C)C)cc1F. The number of hydrogen-bond donors (Lipinski definition) is 1. The van der Waals surface area contributed by atoms with E-state index < -0.39 is 0 Å². The number of aryl methyl sites for hydroxylation is 3. The predicted octanol–water partition coefficient (Wildman–Crippen LogP) is 15.0. The second-order valence-electron chi connectivity index (χ2n) is 15.3. The number of benzene rings is 5. The monoisotopic (exact) mass is 744 g/mol. The Bertz CT molecular complexity index is 1730. The van der Waals surface area contributed by atoms with Crippen LogP contribution in [0.25, 0.3) is 0 Å². The Morgan fingerprint density at radius 2 is 0.796 bits per heavy atom. The van der Waals surface area contributed by atoms with Gasteiger partial charge < -0.3 is 5.11 Å². The number of aliphatic hydroxyl groups excluding tert-OH is 1. The quantitative estimate of drug-likeness (QED) is 0.172.